The van der Waals surface area contributed by atoms with Crippen molar-refractivity contribution in [1.29, 1.82) is 0 Å². The molecule has 2 aromatic heterocycles. The number of hydrogen-bond acceptors (Lipinski definition) is 3. The van der Waals surface area contributed by atoms with Gasteiger partial charge < -0.3 is 0 Å². The number of hydrogen-bond donors (Lipinski definition) is 1. The third kappa shape index (κ3) is 2.30. The highest BCUT2D eigenvalue weighted by atomic mass is 35.5. The lowest BCUT2D eigenvalue weighted by molar-refractivity contribution is 0.973. The summed E-state index contributed by atoms with van der Waals surface area (Å²) in [5, 5.41) is 9.94. The Hall–Kier alpha value is -1.65. The predicted molar refractivity (Wildman–Crippen MR) is 74.0 cm³/mol. The van der Waals surface area contributed by atoms with E-state index >= 15 is 0 Å². The maximum Gasteiger partial charge on any atom is 0.191 e. The molecule has 0 aliphatic heterocycles. The first-order chi connectivity index (χ1) is 8.83. The van der Waals surface area contributed by atoms with E-state index in [1.165, 1.54) is 0 Å². The quantitative estimate of drug-likeness (QED) is 0.790. The Kier molecular flexibility index (Phi) is 3.13. The lowest BCUT2D eigenvalue weighted by Crippen LogP contribution is -1.91. The molecule has 90 valence electrons. The van der Waals surface area contributed by atoms with Crippen molar-refractivity contribution in [3.8, 4) is 10.7 Å². The maximum absolute atomic E-state index is 6.12. The van der Waals surface area contributed by atoms with E-state index in [9.17, 15) is 0 Å². The Bertz CT molecular complexity index is 646. The van der Waals surface area contributed by atoms with Crippen LogP contribution in [0, 0.1) is 0 Å². The summed E-state index contributed by atoms with van der Waals surface area (Å²) in [5.74, 6) is 1.57. The molecular formula is C13H10ClN3S. The monoisotopic (exact) mass is 275 g/mol. The number of halogens is 1. The summed E-state index contributed by atoms with van der Waals surface area (Å²) in [5.41, 5.74) is 1.05. The highest BCUT2D eigenvalue weighted by Gasteiger charge is 2.08. The van der Waals surface area contributed by atoms with Crippen molar-refractivity contribution in [2.45, 2.75) is 6.42 Å². The predicted octanol–water partition coefficient (Wildman–Crippen LogP) is 3.78. The van der Waals surface area contributed by atoms with Gasteiger partial charge in [0.05, 0.1) is 4.88 Å². The molecular weight excluding hydrogens is 266 g/mol. The molecule has 18 heavy (non-hydrogen) atoms. The molecule has 0 atom stereocenters. The van der Waals surface area contributed by atoms with E-state index in [1.54, 1.807) is 11.3 Å². The first-order valence-electron chi connectivity index (χ1n) is 5.51. The Morgan fingerprint density at radius 1 is 1.17 bits per heavy atom. The fourth-order valence-corrected chi connectivity index (χ4v) is 2.57. The number of H-pyrrole nitrogens is 1. The Labute approximate surface area is 113 Å². The molecule has 5 heteroatoms. The number of nitrogens with one attached hydrogen (secondary N) is 1. The van der Waals surface area contributed by atoms with Gasteiger partial charge in [-0.1, -0.05) is 35.9 Å². The van der Waals surface area contributed by atoms with Crippen LogP contribution in [0.4, 0.5) is 0 Å². The molecule has 0 unspecified atom stereocenters. The van der Waals surface area contributed by atoms with Gasteiger partial charge in [0.1, 0.15) is 5.82 Å². The average molecular weight is 276 g/mol. The first kappa shape index (κ1) is 11.4. The highest BCUT2D eigenvalue weighted by molar-refractivity contribution is 7.13. The van der Waals surface area contributed by atoms with Crippen LogP contribution in [0.2, 0.25) is 5.02 Å². The van der Waals surface area contributed by atoms with Gasteiger partial charge in [-0.05, 0) is 23.1 Å². The van der Waals surface area contributed by atoms with E-state index < -0.39 is 0 Å². The minimum absolute atomic E-state index is 0.665. The van der Waals surface area contributed by atoms with Crippen LogP contribution in [0.15, 0.2) is 41.8 Å². The van der Waals surface area contributed by atoms with E-state index in [0.29, 0.717) is 6.42 Å². The number of nitrogens with zero attached hydrogens (tertiary/aromatic N) is 2. The van der Waals surface area contributed by atoms with Crippen molar-refractivity contribution in [2.75, 3.05) is 0 Å². The van der Waals surface area contributed by atoms with Gasteiger partial charge in [-0.3, -0.25) is 5.10 Å². The first-order valence-corrected chi connectivity index (χ1v) is 6.77. The van der Waals surface area contributed by atoms with Crippen LogP contribution < -0.4 is 0 Å². The normalized spacial score (nSPS) is 10.7. The second-order valence-corrected chi connectivity index (χ2v) is 5.21. The summed E-state index contributed by atoms with van der Waals surface area (Å²) >= 11 is 7.75. The largest absolute Gasteiger partial charge is 0.262 e. The second-order valence-electron chi connectivity index (χ2n) is 3.85. The van der Waals surface area contributed by atoms with Gasteiger partial charge in [0.25, 0.3) is 0 Å². The van der Waals surface area contributed by atoms with Crippen LogP contribution in [0.5, 0.6) is 0 Å². The van der Waals surface area contributed by atoms with Gasteiger partial charge in [0.15, 0.2) is 5.82 Å². The van der Waals surface area contributed by atoms with Crippen LogP contribution in [-0.2, 0) is 6.42 Å². The summed E-state index contributed by atoms with van der Waals surface area (Å²) in [4.78, 5) is 5.54. The molecule has 0 amide bonds. The van der Waals surface area contributed by atoms with Gasteiger partial charge in [-0.15, -0.1) is 11.3 Å². The molecule has 3 rings (SSSR count). The van der Waals surface area contributed by atoms with E-state index in [1.807, 2.05) is 41.8 Å². The summed E-state index contributed by atoms with van der Waals surface area (Å²) in [6.45, 7) is 0. The van der Waals surface area contributed by atoms with Crippen molar-refractivity contribution in [1.82, 2.24) is 15.2 Å². The molecule has 3 nitrogen and oxygen atoms in total. The zero-order valence-corrected chi connectivity index (χ0v) is 11.0. The average Bonchev–Trinajstić information content (AvgIpc) is 3.02. The fraction of sp³-hybridized carbons (Fsp3) is 0.0769. The summed E-state index contributed by atoms with van der Waals surface area (Å²) in [6.07, 6.45) is 0.665. The molecule has 0 fully saturated rings. The molecule has 1 N–H and O–H groups in total. The zero-order chi connectivity index (χ0) is 12.4. The maximum atomic E-state index is 6.12. The third-order valence-electron chi connectivity index (χ3n) is 2.59. The van der Waals surface area contributed by atoms with Crippen molar-refractivity contribution in [2.24, 2.45) is 0 Å². The molecule has 0 aliphatic rings. The van der Waals surface area contributed by atoms with E-state index in [4.69, 9.17) is 11.6 Å². The van der Waals surface area contributed by atoms with Crippen LogP contribution in [0.1, 0.15) is 11.4 Å². The standard InChI is InChI=1S/C13H10ClN3S/c14-10-5-2-1-4-9(10)8-12-15-13(17-16-12)11-6-3-7-18-11/h1-7H,8H2,(H,15,16,17). The SMILES string of the molecule is Clc1ccccc1Cc1nc(-c2cccs2)n[nH]1. The number of aromatic amines is 1. The molecule has 0 bridgehead atoms. The molecule has 0 saturated heterocycles. The van der Waals surface area contributed by atoms with Gasteiger partial charge >= 0.3 is 0 Å². The van der Waals surface area contributed by atoms with E-state index in [-0.39, 0.29) is 0 Å². The number of aromatic nitrogens is 3. The molecule has 0 spiro atoms. The van der Waals surface area contributed by atoms with Crippen molar-refractivity contribution in [3.05, 3.63) is 58.2 Å². The molecule has 1 aromatic carbocycles. The summed E-state index contributed by atoms with van der Waals surface area (Å²) in [6, 6.07) is 11.8. The Morgan fingerprint density at radius 2 is 2.06 bits per heavy atom. The van der Waals surface area contributed by atoms with Crippen LogP contribution >= 0.6 is 22.9 Å². The smallest absolute Gasteiger partial charge is 0.191 e. The highest BCUT2D eigenvalue weighted by Crippen LogP contribution is 2.22. The van der Waals surface area contributed by atoms with Gasteiger partial charge in [-0.25, -0.2) is 4.98 Å². The van der Waals surface area contributed by atoms with Crippen LogP contribution in [0.25, 0.3) is 10.7 Å². The van der Waals surface area contributed by atoms with Crippen LogP contribution in [-0.4, -0.2) is 15.2 Å². The molecule has 3 aromatic rings. The Morgan fingerprint density at radius 3 is 2.83 bits per heavy atom. The minimum Gasteiger partial charge on any atom is -0.262 e. The molecule has 2 heterocycles. The topological polar surface area (TPSA) is 41.6 Å². The van der Waals surface area contributed by atoms with Gasteiger partial charge in [0, 0.05) is 11.4 Å². The molecule has 0 radical (unpaired) electrons. The van der Waals surface area contributed by atoms with Crippen molar-refractivity contribution in [3.63, 3.8) is 0 Å². The molecule has 0 saturated carbocycles. The van der Waals surface area contributed by atoms with Crippen LogP contribution in [0.3, 0.4) is 0 Å². The molecule has 0 aliphatic carbocycles. The zero-order valence-electron chi connectivity index (χ0n) is 9.43. The second kappa shape index (κ2) is 4.92. The van der Waals surface area contributed by atoms with E-state index in [0.717, 1.165) is 27.1 Å². The van der Waals surface area contributed by atoms with Crippen molar-refractivity contribution < 1.29 is 0 Å². The lowest BCUT2D eigenvalue weighted by atomic mass is 10.1. The van der Waals surface area contributed by atoms with Gasteiger partial charge in [-0.2, -0.15) is 5.10 Å². The fourth-order valence-electron chi connectivity index (χ4n) is 1.71. The Balaban J connectivity index is 1.85. The number of rotatable bonds is 3. The third-order valence-corrected chi connectivity index (χ3v) is 3.82. The lowest BCUT2D eigenvalue weighted by Gasteiger charge is -1.99. The number of thiophene rings is 1. The minimum atomic E-state index is 0.665. The van der Waals surface area contributed by atoms with Crippen molar-refractivity contribution >= 4 is 22.9 Å². The summed E-state index contributed by atoms with van der Waals surface area (Å²) in [7, 11) is 0. The number of benzene rings is 1. The van der Waals surface area contributed by atoms with Gasteiger partial charge in [0.2, 0.25) is 0 Å². The van der Waals surface area contributed by atoms with E-state index in [2.05, 4.69) is 15.2 Å². The summed E-state index contributed by atoms with van der Waals surface area (Å²) < 4.78 is 0.